The molecule has 132 valence electrons. The van der Waals surface area contributed by atoms with Crippen LogP contribution in [0.25, 0.3) is 0 Å². The van der Waals surface area contributed by atoms with Gasteiger partial charge in [-0.2, -0.15) is 0 Å². The fourth-order valence-corrected chi connectivity index (χ4v) is 1.79. The van der Waals surface area contributed by atoms with E-state index in [1.807, 2.05) is 0 Å². The standard InChI is InChI=1S/C10H23NO.C6H10O4/c1-3-5-7-11(9-10-12)8-6-4-2;7-5(8)3-1-2-4-6(9)10/h12H,3-10H2,1-2H3;1-4H2,(H,7,8)(H,9,10). The molecule has 0 saturated heterocycles. The quantitative estimate of drug-likeness (QED) is 0.451. The van der Waals surface area contributed by atoms with Gasteiger partial charge in [-0.1, -0.05) is 26.7 Å². The zero-order chi connectivity index (χ0) is 17.2. The highest BCUT2D eigenvalue weighted by atomic mass is 16.4. The number of aliphatic carboxylic acids is 2. The highest BCUT2D eigenvalue weighted by Crippen LogP contribution is 1.99. The Morgan fingerprint density at radius 2 is 1.18 bits per heavy atom. The van der Waals surface area contributed by atoms with E-state index in [2.05, 4.69) is 18.7 Å². The number of hydrogen-bond donors (Lipinski definition) is 3. The van der Waals surface area contributed by atoms with Crippen molar-refractivity contribution < 1.29 is 24.9 Å². The molecule has 22 heavy (non-hydrogen) atoms. The summed E-state index contributed by atoms with van der Waals surface area (Å²) in [5.74, 6) is -1.74. The summed E-state index contributed by atoms with van der Waals surface area (Å²) in [5.41, 5.74) is 0. The zero-order valence-electron chi connectivity index (χ0n) is 14.1. The monoisotopic (exact) mass is 319 g/mol. The molecule has 0 aliphatic heterocycles. The highest BCUT2D eigenvalue weighted by molar-refractivity contribution is 5.67. The predicted molar refractivity (Wildman–Crippen MR) is 87.1 cm³/mol. The molecule has 0 aliphatic carbocycles. The van der Waals surface area contributed by atoms with Crippen LogP contribution in [-0.2, 0) is 9.59 Å². The summed E-state index contributed by atoms with van der Waals surface area (Å²) in [4.78, 5) is 22.1. The van der Waals surface area contributed by atoms with Gasteiger partial charge in [-0.05, 0) is 38.8 Å². The highest BCUT2D eigenvalue weighted by Gasteiger charge is 2.01. The first-order valence-electron chi connectivity index (χ1n) is 8.24. The minimum Gasteiger partial charge on any atom is -0.481 e. The molecule has 0 saturated carbocycles. The van der Waals surface area contributed by atoms with Gasteiger partial charge >= 0.3 is 11.9 Å². The number of aliphatic hydroxyl groups is 1. The summed E-state index contributed by atoms with van der Waals surface area (Å²) in [6.45, 7) is 7.86. The molecular formula is C16H33NO5. The van der Waals surface area contributed by atoms with Crippen molar-refractivity contribution in [2.75, 3.05) is 26.2 Å². The Morgan fingerprint density at radius 3 is 1.45 bits per heavy atom. The van der Waals surface area contributed by atoms with Gasteiger partial charge in [0, 0.05) is 19.4 Å². The maximum atomic E-state index is 9.90. The van der Waals surface area contributed by atoms with E-state index in [4.69, 9.17) is 15.3 Å². The van der Waals surface area contributed by atoms with Crippen LogP contribution in [0.5, 0.6) is 0 Å². The molecule has 0 unspecified atom stereocenters. The van der Waals surface area contributed by atoms with Crippen molar-refractivity contribution in [3.63, 3.8) is 0 Å². The molecule has 0 aliphatic rings. The van der Waals surface area contributed by atoms with Gasteiger partial charge in [0.05, 0.1) is 6.61 Å². The summed E-state index contributed by atoms with van der Waals surface area (Å²) in [6, 6.07) is 0. The summed E-state index contributed by atoms with van der Waals surface area (Å²) >= 11 is 0. The van der Waals surface area contributed by atoms with E-state index in [0.717, 1.165) is 19.6 Å². The number of carboxylic acid groups (broad SMARTS) is 2. The van der Waals surface area contributed by atoms with E-state index >= 15 is 0 Å². The number of nitrogens with zero attached hydrogens (tertiary/aromatic N) is 1. The minimum atomic E-state index is -0.870. The van der Waals surface area contributed by atoms with E-state index in [-0.39, 0.29) is 12.8 Å². The lowest BCUT2D eigenvalue weighted by atomic mass is 10.2. The van der Waals surface area contributed by atoms with E-state index in [9.17, 15) is 9.59 Å². The maximum Gasteiger partial charge on any atom is 0.303 e. The lowest BCUT2D eigenvalue weighted by Crippen LogP contribution is -2.28. The topological polar surface area (TPSA) is 98.1 Å². The Labute approximate surface area is 134 Å². The molecule has 6 nitrogen and oxygen atoms in total. The van der Waals surface area contributed by atoms with Crippen LogP contribution in [0.1, 0.15) is 65.2 Å². The second-order valence-electron chi connectivity index (χ2n) is 5.27. The average molecular weight is 319 g/mol. The largest absolute Gasteiger partial charge is 0.481 e. The van der Waals surface area contributed by atoms with Crippen molar-refractivity contribution in [2.24, 2.45) is 0 Å². The van der Waals surface area contributed by atoms with Crippen LogP contribution in [0, 0.1) is 0 Å². The van der Waals surface area contributed by atoms with Crippen molar-refractivity contribution in [1.29, 1.82) is 0 Å². The van der Waals surface area contributed by atoms with Crippen molar-refractivity contribution >= 4 is 11.9 Å². The van der Waals surface area contributed by atoms with Crippen LogP contribution in [0.4, 0.5) is 0 Å². The predicted octanol–water partition coefficient (Wildman–Crippen LogP) is 2.60. The molecule has 0 rings (SSSR count). The molecular weight excluding hydrogens is 286 g/mol. The molecule has 0 radical (unpaired) electrons. The number of hydrogen-bond acceptors (Lipinski definition) is 4. The fourth-order valence-electron chi connectivity index (χ4n) is 1.79. The first kappa shape index (κ1) is 23.1. The van der Waals surface area contributed by atoms with Crippen molar-refractivity contribution in [1.82, 2.24) is 4.90 Å². The van der Waals surface area contributed by atoms with Gasteiger partial charge in [0.25, 0.3) is 0 Å². The number of unbranched alkanes of at least 4 members (excludes halogenated alkanes) is 3. The van der Waals surface area contributed by atoms with E-state index in [1.165, 1.54) is 25.7 Å². The lowest BCUT2D eigenvalue weighted by Gasteiger charge is -2.20. The molecule has 0 spiro atoms. The zero-order valence-corrected chi connectivity index (χ0v) is 14.1. The van der Waals surface area contributed by atoms with Crippen molar-refractivity contribution in [3.8, 4) is 0 Å². The Bertz CT molecular complexity index is 247. The summed E-state index contributed by atoms with van der Waals surface area (Å²) in [7, 11) is 0. The normalized spacial score (nSPS) is 10.2. The molecule has 0 heterocycles. The van der Waals surface area contributed by atoms with Gasteiger partial charge < -0.3 is 20.2 Å². The second-order valence-corrected chi connectivity index (χ2v) is 5.27. The smallest absolute Gasteiger partial charge is 0.303 e. The molecule has 0 aromatic heterocycles. The number of carbonyl (C=O) groups is 2. The van der Waals surface area contributed by atoms with Crippen molar-refractivity contribution in [2.45, 2.75) is 65.2 Å². The molecule has 0 atom stereocenters. The Hall–Kier alpha value is -1.14. The van der Waals surface area contributed by atoms with Gasteiger partial charge in [-0.25, -0.2) is 0 Å². The van der Waals surface area contributed by atoms with Gasteiger partial charge in [0.1, 0.15) is 0 Å². The maximum absolute atomic E-state index is 9.90. The summed E-state index contributed by atoms with van der Waals surface area (Å²) < 4.78 is 0. The number of carboxylic acids is 2. The average Bonchev–Trinajstić information content (AvgIpc) is 2.47. The Balaban J connectivity index is 0. The number of aliphatic hydroxyl groups excluding tert-OH is 1. The minimum absolute atomic E-state index is 0.0628. The van der Waals surface area contributed by atoms with Crippen LogP contribution < -0.4 is 0 Å². The van der Waals surface area contributed by atoms with Crippen LogP contribution in [0.15, 0.2) is 0 Å². The molecule has 0 aromatic rings. The molecule has 0 amide bonds. The SMILES string of the molecule is CCCCN(CCO)CCCC.O=C(O)CCCCC(=O)O. The van der Waals surface area contributed by atoms with Gasteiger partial charge in [-0.15, -0.1) is 0 Å². The van der Waals surface area contributed by atoms with Gasteiger partial charge in [0.15, 0.2) is 0 Å². The number of rotatable bonds is 13. The van der Waals surface area contributed by atoms with Gasteiger partial charge in [0.2, 0.25) is 0 Å². The van der Waals surface area contributed by atoms with Crippen molar-refractivity contribution in [3.05, 3.63) is 0 Å². The Morgan fingerprint density at radius 1 is 0.773 bits per heavy atom. The fraction of sp³-hybridized carbons (Fsp3) is 0.875. The summed E-state index contributed by atoms with van der Waals surface area (Å²) in [6.07, 6.45) is 6.01. The molecule has 3 N–H and O–H groups in total. The van der Waals surface area contributed by atoms with Crippen LogP contribution in [0.3, 0.4) is 0 Å². The first-order chi connectivity index (χ1) is 10.5. The molecule has 0 aromatic carbocycles. The van der Waals surface area contributed by atoms with E-state index < -0.39 is 11.9 Å². The van der Waals surface area contributed by atoms with Gasteiger partial charge in [-0.3, -0.25) is 9.59 Å². The molecule has 6 heteroatoms. The summed E-state index contributed by atoms with van der Waals surface area (Å²) in [5, 5.41) is 25.1. The van der Waals surface area contributed by atoms with E-state index in [0.29, 0.717) is 19.4 Å². The third-order valence-corrected chi connectivity index (χ3v) is 3.10. The van der Waals surface area contributed by atoms with Crippen LogP contribution in [-0.4, -0.2) is 58.4 Å². The van der Waals surface area contributed by atoms with E-state index in [1.54, 1.807) is 0 Å². The third-order valence-electron chi connectivity index (χ3n) is 3.10. The third kappa shape index (κ3) is 21.2. The first-order valence-corrected chi connectivity index (χ1v) is 8.24. The molecule has 0 fully saturated rings. The van der Waals surface area contributed by atoms with Crippen LogP contribution >= 0.6 is 0 Å². The lowest BCUT2D eigenvalue weighted by molar-refractivity contribution is -0.139. The Kier molecular flexibility index (Phi) is 18.8. The molecule has 0 bridgehead atoms. The van der Waals surface area contributed by atoms with Crippen LogP contribution in [0.2, 0.25) is 0 Å². The second kappa shape index (κ2) is 17.9.